The quantitative estimate of drug-likeness (QED) is 0.542. The average molecular weight is 410 g/mol. The first-order valence-corrected chi connectivity index (χ1v) is 9.80. The monoisotopic (exact) mass is 410 g/mol. The first-order chi connectivity index (χ1) is 13.8. The lowest BCUT2D eigenvalue weighted by Crippen LogP contribution is -2.25. The molecule has 1 amide bonds. The Balaban J connectivity index is 2.11. The highest BCUT2D eigenvalue weighted by atomic mass is 19.1. The minimum Gasteiger partial charge on any atom is -0.508 e. The van der Waals surface area contributed by atoms with Crippen molar-refractivity contribution in [3.63, 3.8) is 0 Å². The van der Waals surface area contributed by atoms with E-state index in [1.54, 1.807) is 6.07 Å². The molecule has 0 aliphatic heterocycles. The van der Waals surface area contributed by atoms with Gasteiger partial charge in [-0.05, 0) is 40.2 Å². The van der Waals surface area contributed by atoms with E-state index in [0.717, 1.165) is 11.1 Å². The molecule has 0 fully saturated rings. The van der Waals surface area contributed by atoms with E-state index in [4.69, 9.17) is 0 Å². The van der Waals surface area contributed by atoms with Crippen LogP contribution in [0.5, 0.6) is 5.75 Å². The third-order valence-corrected chi connectivity index (χ3v) is 5.10. The van der Waals surface area contributed by atoms with Crippen LogP contribution in [-0.4, -0.2) is 16.0 Å². The molecular weight excluding hydrogens is 383 g/mol. The lowest BCUT2D eigenvalue weighted by molar-refractivity contribution is 0.102. The fraction of sp³-hybridized carbons (Fsp3) is 0.333. The largest absolute Gasteiger partial charge is 0.508 e. The molecule has 0 bridgehead atoms. The van der Waals surface area contributed by atoms with Crippen LogP contribution in [0.3, 0.4) is 0 Å². The number of nitrogens with one attached hydrogen (secondary N) is 2. The summed E-state index contributed by atoms with van der Waals surface area (Å²) in [5.74, 6) is -1.30. The minimum absolute atomic E-state index is 0.0595. The fourth-order valence-electron chi connectivity index (χ4n) is 3.50. The number of amides is 1. The van der Waals surface area contributed by atoms with Crippen molar-refractivity contribution in [2.24, 2.45) is 0 Å². The smallest absolute Gasteiger partial charge is 0.261 e. The fourth-order valence-corrected chi connectivity index (χ4v) is 3.50. The van der Waals surface area contributed by atoms with Crippen molar-refractivity contribution in [1.82, 2.24) is 4.98 Å². The van der Waals surface area contributed by atoms with Gasteiger partial charge in [0.25, 0.3) is 5.91 Å². The summed E-state index contributed by atoms with van der Waals surface area (Å²) in [6, 6.07) is 7.63. The molecule has 0 aliphatic carbocycles. The third kappa shape index (κ3) is 3.95. The molecule has 0 spiro atoms. The van der Waals surface area contributed by atoms with Gasteiger partial charge in [0, 0.05) is 18.0 Å². The number of pyridine rings is 1. The molecular formula is C24H27FN2O3. The number of hydrogen-bond acceptors (Lipinski definition) is 3. The van der Waals surface area contributed by atoms with Gasteiger partial charge in [-0.3, -0.25) is 9.59 Å². The summed E-state index contributed by atoms with van der Waals surface area (Å²) in [6.45, 7) is 12.0. The van der Waals surface area contributed by atoms with Gasteiger partial charge < -0.3 is 15.4 Å². The zero-order chi connectivity index (χ0) is 22.4. The first-order valence-electron chi connectivity index (χ1n) is 9.80. The summed E-state index contributed by atoms with van der Waals surface area (Å²) in [7, 11) is 0. The Hall–Kier alpha value is -3.15. The second-order valence-electron chi connectivity index (χ2n) is 9.56. The van der Waals surface area contributed by atoms with E-state index < -0.39 is 17.2 Å². The molecule has 1 aromatic heterocycles. The van der Waals surface area contributed by atoms with Crippen LogP contribution < -0.4 is 10.7 Å². The maximum Gasteiger partial charge on any atom is 0.261 e. The number of halogens is 1. The highest BCUT2D eigenvalue weighted by Crippen LogP contribution is 2.39. The zero-order valence-corrected chi connectivity index (χ0v) is 18.1. The molecule has 0 unspecified atom stereocenters. The lowest BCUT2D eigenvalue weighted by atomic mass is 9.79. The van der Waals surface area contributed by atoms with E-state index in [9.17, 15) is 19.1 Å². The molecule has 3 N–H and O–H groups in total. The van der Waals surface area contributed by atoms with E-state index >= 15 is 0 Å². The minimum atomic E-state index is -0.689. The summed E-state index contributed by atoms with van der Waals surface area (Å²) in [6.07, 6.45) is 1.28. The second kappa shape index (κ2) is 7.27. The number of carbonyl (C=O) groups is 1. The van der Waals surface area contributed by atoms with E-state index in [1.165, 1.54) is 24.4 Å². The van der Waals surface area contributed by atoms with Gasteiger partial charge in [-0.25, -0.2) is 4.39 Å². The van der Waals surface area contributed by atoms with Gasteiger partial charge in [0.1, 0.15) is 17.1 Å². The maximum atomic E-state index is 14.2. The van der Waals surface area contributed by atoms with Gasteiger partial charge in [-0.1, -0.05) is 47.6 Å². The van der Waals surface area contributed by atoms with Gasteiger partial charge in [0.15, 0.2) is 0 Å². The Bertz CT molecular complexity index is 1200. The molecule has 3 aromatic rings. The lowest BCUT2D eigenvalue weighted by Gasteiger charge is -2.28. The molecule has 5 nitrogen and oxygen atoms in total. The molecule has 158 valence electrons. The van der Waals surface area contributed by atoms with Crippen LogP contribution in [0.4, 0.5) is 10.1 Å². The summed E-state index contributed by atoms with van der Waals surface area (Å²) in [4.78, 5) is 28.5. The first kappa shape index (κ1) is 21.6. The molecule has 1 heterocycles. The molecule has 30 heavy (non-hydrogen) atoms. The Morgan fingerprint density at radius 2 is 1.67 bits per heavy atom. The van der Waals surface area contributed by atoms with Crippen LogP contribution in [0.25, 0.3) is 10.9 Å². The molecule has 0 atom stereocenters. The van der Waals surface area contributed by atoms with Crippen LogP contribution in [0, 0.1) is 5.82 Å². The van der Waals surface area contributed by atoms with Crippen molar-refractivity contribution >= 4 is 22.5 Å². The Morgan fingerprint density at radius 1 is 1.03 bits per heavy atom. The summed E-state index contributed by atoms with van der Waals surface area (Å²) < 4.78 is 14.2. The molecule has 3 rings (SSSR count). The number of fused-ring (bicyclic) bond motifs is 1. The standard InChI is InChI=1S/C24H27FN2O3/c1-23(2,3)14-10-15(24(4,5)6)19(28)11-18(14)27-22(30)13-12-26-17-9-7-8-16(25)20(17)21(13)29/h7-12,28H,1-6H3,(H,26,29)(H,27,30). The number of phenolic OH excluding ortho intramolecular Hbond substituents is 1. The number of phenols is 1. The van der Waals surface area contributed by atoms with Crippen molar-refractivity contribution in [3.05, 3.63) is 69.3 Å². The summed E-state index contributed by atoms with van der Waals surface area (Å²) in [5.41, 5.74) is 0.792. The Labute approximate surface area is 175 Å². The number of aromatic nitrogens is 1. The highest BCUT2D eigenvalue weighted by Gasteiger charge is 2.27. The van der Waals surface area contributed by atoms with Crippen LogP contribution in [0.2, 0.25) is 0 Å². The SMILES string of the molecule is CC(C)(C)c1cc(C(C)(C)C)c(NC(=O)c2c[nH]c3cccc(F)c3c2=O)cc1O. The van der Waals surface area contributed by atoms with E-state index in [0.29, 0.717) is 11.2 Å². The van der Waals surface area contributed by atoms with Gasteiger partial charge >= 0.3 is 0 Å². The van der Waals surface area contributed by atoms with Crippen molar-refractivity contribution in [2.75, 3.05) is 5.32 Å². The van der Waals surface area contributed by atoms with Crippen molar-refractivity contribution in [3.8, 4) is 5.75 Å². The van der Waals surface area contributed by atoms with E-state index in [-0.39, 0.29) is 27.5 Å². The topological polar surface area (TPSA) is 82.2 Å². The van der Waals surface area contributed by atoms with Crippen LogP contribution in [0.1, 0.15) is 63.0 Å². The van der Waals surface area contributed by atoms with Gasteiger partial charge in [-0.2, -0.15) is 0 Å². The number of hydrogen-bond donors (Lipinski definition) is 3. The molecule has 0 saturated heterocycles. The molecule has 0 saturated carbocycles. The number of benzene rings is 2. The molecule has 0 aliphatic rings. The molecule has 0 radical (unpaired) electrons. The summed E-state index contributed by atoms with van der Waals surface area (Å²) >= 11 is 0. The molecule has 2 aromatic carbocycles. The van der Waals surface area contributed by atoms with Gasteiger partial charge in [-0.15, -0.1) is 0 Å². The van der Waals surface area contributed by atoms with Gasteiger partial charge in [0.05, 0.1) is 10.9 Å². The number of H-pyrrole nitrogens is 1. The van der Waals surface area contributed by atoms with Gasteiger partial charge in [0.2, 0.25) is 5.43 Å². The number of aromatic hydroxyl groups is 1. The zero-order valence-electron chi connectivity index (χ0n) is 18.1. The van der Waals surface area contributed by atoms with Crippen LogP contribution >= 0.6 is 0 Å². The number of aromatic amines is 1. The van der Waals surface area contributed by atoms with Crippen molar-refractivity contribution in [2.45, 2.75) is 52.4 Å². The van der Waals surface area contributed by atoms with E-state index in [1.807, 2.05) is 47.6 Å². The summed E-state index contributed by atoms with van der Waals surface area (Å²) in [5, 5.41) is 13.1. The predicted molar refractivity (Wildman–Crippen MR) is 118 cm³/mol. The predicted octanol–water partition coefficient (Wildman–Crippen LogP) is 5.22. The third-order valence-electron chi connectivity index (χ3n) is 5.10. The number of anilines is 1. The maximum absolute atomic E-state index is 14.2. The Kier molecular flexibility index (Phi) is 5.23. The van der Waals surface area contributed by atoms with Crippen LogP contribution in [-0.2, 0) is 10.8 Å². The Morgan fingerprint density at radius 3 is 2.27 bits per heavy atom. The number of rotatable bonds is 2. The highest BCUT2D eigenvalue weighted by molar-refractivity contribution is 6.06. The molecule has 6 heteroatoms. The normalized spacial score (nSPS) is 12.2. The van der Waals surface area contributed by atoms with Crippen molar-refractivity contribution < 1.29 is 14.3 Å². The van der Waals surface area contributed by atoms with Crippen LogP contribution in [0.15, 0.2) is 41.3 Å². The van der Waals surface area contributed by atoms with Crippen molar-refractivity contribution in [1.29, 1.82) is 0 Å². The second-order valence-corrected chi connectivity index (χ2v) is 9.56. The number of carbonyl (C=O) groups excluding carboxylic acids is 1. The average Bonchev–Trinajstić information content (AvgIpc) is 2.59. The van der Waals surface area contributed by atoms with E-state index in [2.05, 4.69) is 10.3 Å².